The second-order valence-electron chi connectivity index (χ2n) is 6.02. The van der Waals surface area contributed by atoms with Crippen molar-refractivity contribution in [2.24, 2.45) is 0 Å². The Bertz CT molecular complexity index is 335. The average molecular weight is 283 g/mol. The predicted molar refractivity (Wildman–Crippen MR) is 78.1 cm³/mol. The van der Waals surface area contributed by atoms with E-state index in [0.29, 0.717) is 13.0 Å². The van der Waals surface area contributed by atoms with Crippen LogP contribution >= 0.6 is 0 Å². The Labute approximate surface area is 121 Å². The summed E-state index contributed by atoms with van der Waals surface area (Å²) in [6.07, 6.45) is 4.70. The molecule has 2 aliphatic heterocycles. The van der Waals surface area contributed by atoms with E-state index in [1.165, 1.54) is 0 Å². The molecule has 2 fully saturated rings. The molecule has 2 saturated heterocycles. The molecule has 0 aromatic rings. The van der Waals surface area contributed by atoms with E-state index < -0.39 is 13.1 Å². The van der Waals surface area contributed by atoms with Gasteiger partial charge in [-0.2, -0.15) is 0 Å². The zero-order valence-corrected chi connectivity index (χ0v) is 12.3. The van der Waals surface area contributed by atoms with Crippen LogP contribution in [0, 0.1) is 0 Å². The van der Waals surface area contributed by atoms with Gasteiger partial charge in [-0.3, -0.25) is 4.79 Å². The highest BCUT2D eigenvalue weighted by molar-refractivity contribution is 6.43. The third kappa shape index (κ3) is 3.52. The number of likely N-dealkylation sites (tertiary alicyclic amines) is 1. The normalized spacial score (nSPS) is 29.9. The van der Waals surface area contributed by atoms with E-state index in [1.54, 1.807) is 4.90 Å². The van der Waals surface area contributed by atoms with E-state index in [9.17, 15) is 14.8 Å². The molecule has 4 N–H and O–H groups in total. The van der Waals surface area contributed by atoms with Gasteiger partial charge in [0.2, 0.25) is 5.91 Å². The van der Waals surface area contributed by atoms with Gasteiger partial charge in [0, 0.05) is 18.6 Å². The second kappa shape index (κ2) is 6.89. The lowest BCUT2D eigenvalue weighted by molar-refractivity contribution is -0.130. The van der Waals surface area contributed by atoms with E-state index in [1.807, 2.05) is 0 Å². The van der Waals surface area contributed by atoms with Crippen LogP contribution in [0.5, 0.6) is 0 Å². The highest BCUT2D eigenvalue weighted by atomic mass is 16.4. The molecule has 0 aromatic heterocycles. The van der Waals surface area contributed by atoms with Crippen LogP contribution in [0.15, 0.2) is 0 Å². The first-order chi connectivity index (χ1) is 9.58. The fraction of sp³-hybridized carbons (Fsp3) is 0.923. The molecule has 0 spiro atoms. The van der Waals surface area contributed by atoms with Crippen LogP contribution in [0.2, 0.25) is 0 Å². The summed E-state index contributed by atoms with van der Waals surface area (Å²) >= 11 is 0. The van der Waals surface area contributed by atoms with Crippen molar-refractivity contribution in [1.29, 1.82) is 0 Å². The maximum atomic E-state index is 12.3. The quantitative estimate of drug-likeness (QED) is 0.475. The number of carbonyl (C=O) groups excluding carboxylic acids is 1. The minimum absolute atomic E-state index is 0.0250. The summed E-state index contributed by atoms with van der Waals surface area (Å²) < 4.78 is 0. The lowest BCUT2D eigenvalue weighted by Crippen LogP contribution is -2.53. The summed E-state index contributed by atoms with van der Waals surface area (Å²) in [5.41, 5.74) is 0.0253. The number of hydrogen-bond donors (Lipinski definition) is 4. The smallest absolute Gasteiger partial charge is 0.426 e. The lowest BCUT2D eigenvalue weighted by atomic mass is 9.78. The molecule has 0 saturated carbocycles. The molecule has 114 valence electrons. The molecule has 6 nitrogen and oxygen atoms in total. The number of nitrogens with one attached hydrogen (secondary N) is 2. The van der Waals surface area contributed by atoms with Crippen molar-refractivity contribution in [2.75, 3.05) is 26.2 Å². The molecule has 2 aliphatic rings. The average Bonchev–Trinajstić information content (AvgIpc) is 3.05. The summed E-state index contributed by atoms with van der Waals surface area (Å²) in [5, 5.41) is 25.4. The molecule has 2 atom stereocenters. The summed E-state index contributed by atoms with van der Waals surface area (Å²) in [6.45, 7) is 4.96. The van der Waals surface area contributed by atoms with Crippen molar-refractivity contribution < 1.29 is 14.8 Å². The van der Waals surface area contributed by atoms with Crippen molar-refractivity contribution in [3.05, 3.63) is 0 Å². The molecule has 7 heteroatoms. The summed E-state index contributed by atoms with van der Waals surface area (Å²) in [5.74, 6) is -0.462. The van der Waals surface area contributed by atoms with Crippen molar-refractivity contribution in [3.63, 3.8) is 0 Å². The number of rotatable bonds is 6. The number of amides is 1. The van der Waals surface area contributed by atoms with Crippen LogP contribution in [-0.4, -0.2) is 65.6 Å². The largest absolute Gasteiger partial charge is 0.475 e. The van der Waals surface area contributed by atoms with Crippen molar-refractivity contribution in [2.45, 2.75) is 50.5 Å². The third-order valence-corrected chi connectivity index (χ3v) is 4.55. The van der Waals surface area contributed by atoms with E-state index in [-0.39, 0.29) is 18.0 Å². The minimum Gasteiger partial charge on any atom is -0.426 e. The maximum absolute atomic E-state index is 12.3. The van der Waals surface area contributed by atoms with E-state index in [0.717, 1.165) is 38.8 Å². The first-order valence-electron chi connectivity index (χ1n) is 7.69. The van der Waals surface area contributed by atoms with E-state index >= 15 is 0 Å². The third-order valence-electron chi connectivity index (χ3n) is 4.55. The van der Waals surface area contributed by atoms with E-state index in [2.05, 4.69) is 17.6 Å². The zero-order valence-electron chi connectivity index (χ0n) is 12.3. The first kappa shape index (κ1) is 15.8. The first-order valence-corrected chi connectivity index (χ1v) is 7.69. The molecule has 2 heterocycles. The molecular weight excluding hydrogens is 257 g/mol. The van der Waals surface area contributed by atoms with Crippen molar-refractivity contribution in [3.8, 4) is 0 Å². The highest BCUT2D eigenvalue weighted by Gasteiger charge is 2.38. The topological polar surface area (TPSA) is 84.8 Å². The molecule has 0 bridgehead atoms. The van der Waals surface area contributed by atoms with Crippen LogP contribution < -0.4 is 10.6 Å². The molecular formula is C13H26BN3O3. The number of hydrogen-bond acceptors (Lipinski definition) is 5. The minimum atomic E-state index is -1.43. The Balaban J connectivity index is 1.87. The second-order valence-corrected chi connectivity index (χ2v) is 6.02. The Kier molecular flexibility index (Phi) is 5.43. The fourth-order valence-electron chi connectivity index (χ4n) is 3.45. The maximum Gasteiger partial charge on any atom is 0.475 e. The molecule has 0 unspecified atom stereocenters. The van der Waals surface area contributed by atoms with Crippen molar-refractivity contribution >= 4 is 13.0 Å². The van der Waals surface area contributed by atoms with Gasteiger partial charge in [-0.1, -0.05) is 13.3 Å². The standard InChI is InChI=1S/C13H26BN3O3/c1-2-5-13(6-7-15-10-13)16-9-12(18)17-8-3-4-11(17)14(19)20/h11,15-16,19-20H,2-10H2,1H3/t11-,13-/m0/s1. The van der Waals surface area contributed by atoms with Gasteiger partial charge in [0.1, 0.15) is 0 Å². The summed E-state index contributed by atoms with van der Waals surface area (Å²) in [7, 11) is -1.43. The lowest BCUT2D eigenvalue weighted by Gasteiger charge is -2.31. The number of nitrogens with zero attached hydrogens (tertiary/aromatic N) is 1. The molecule has 0 radical (unpaired) electrons. The Morgan fingerprint density at radius 3 is 2.95 bits per heavy atom. The van der Waals surface area contributed by atoms with Crippen LogP contribution in [0.4, 0.5) is 0 Å². The molecule has 0 aliphatic carbocycles. The van der Waals surface area contributed by atoms with Crippen molar-refractivity contribution in [1.82, 2.24) is 15.5 Å². The predicted octanol–water partition coefficient (Wildman–Crippen LogP) is -0.889. The van der Waals surface area contributed by atoms with Gasteiger partial charge in [-0.25, -0.2) is 0 Å². The van der Waals surface area contributed by atoms with Gasteiger partial charge in [0.15, 0.2) is 0 Å². The van der Waals surface area contributed by atoms with E-state index in [4.69, 9.17) is 0 Å². The molecule has 0 aromatic carbocycles. The Hall–Kier alpha value is -0.625. The zero-order chi connectivity index (χ0) is 14.6. The summed E-state index contributed by atoms with van der Waals surface area (Å²) in [4.78, 5) is 13.9. The van der Waals surface area contributed by atoms with Crippen LogP contribution in [0.25, 0.3) is 0 Å². The van der Waals surface area contributed by atoms with Gasteiger partial charge >= 0.3 is 7.12 Å². The van der Waals surface area contributed by atoms with Crippen LogP contribution in [-0.2, 0) is 4.79 Å². The SMILES string of the molecule is CCC[C@]1(NCC(=O)N2CCC[C@H]2B(O)O)CCNC1. The van der Waals surface area contributed by atoms with Gasteiger partial charge in [-0.15, -0.1) is 0 Å². The molecule has 1 amide bonds. The van der Waals surface area contributed by atoms with Gasteiger partial charge in [-0.05, 0) is 32.2 Å². The van der Waals surface area contributed by atoms with Gasteiger partial charge in [0.05, 0.1) is 12.5 Å². The van der Waals surface area contributed by atoms with Crippen LogP contribution in [0.3, 0.4) is 0 Å². The number of carbonyl (C=O) groups is 1. The van der Waals surface area contributed by atoms with Crippen LogP contribution in [0.1, 0.15) is 39.0 Å². The highest BCUT2D eigenvalue weighted by Crippen LogP contribution is 2.22. The van der Waals surface area contributed by atoms with Gasteiger partial charge in [0.25, 0.3) is 0 Å². The molecule has 2 rings (SSSR count). The van der Waals surface area contributed by atoms with Gasteiger partial charge < -0.3 is 25.6 Å². The fourth-order valence-corrected chi connectivity index (χ4v) is 3.45. The molecule has 20 heavy (non-hydrogen) atoms. The summed E-state index contributed by atoms with van der Waals surface area (Å²) in [6, 6.07) is 0. The Morgan fingerprint density at radius 1 is 1.55 bits per heavy atom. The Morgan fingerprint density at radius 2 is 2.35 bits per heavy atom. The monoisotopic (exact) mass is 283 g/mol.